The molecular weight excluding hydrogens is 236 g/mol. The summed E-state index contributed by atoms with van der Waals surface area (Å²) in [6.07, 6.45) is 6.98. The van der Waals surface area contributed by atoms with E-state index in [1.807, 2.05) is 6.92 Å². The smallest absolute Gasteiger partial charge is 0.240 e. The molecule has 0 aromatic carbocycles. The van der Waals surface area contributed by atoms with Crippen LogP contribution in [-0.2, 0) is 4.79 Å². The van der Waals surface area contributed by atoms with E-state index in [0.717, 1.165) is 30.7 Å². The summed E-state index contributed by atoms with van der Waals surface area (Å²) in [6, 6.07) is 0.0165. The van der Waals surface area contributed by atoms with Gasteiger partial charge in [-0.1, -0.05) is 13.8 Å². The third kappa shape index (κ3) is 2.96. The first-order valence-electron chi connectivity index (χ1n) is 8.12. The molecule has 2 aliphatic carbocycles. The van der Waals surface area contributed by atoms with Crippen molar-refractivity contribution >= 4 is 5.91 Å². The lowest BCUT2D eigenvalue weighted by Gasteiger charge is -2.30. The van der Waals surface area contributed by atoms with Crippen LogP contribution in [0, 0.1) is 23.7 Å². The standard InChI is InChI=1S/C16H28N2O/c1-10(2)8-15-17-11(3)16(19)18(15)9-14(12-4-5-12)13-6-7-13/h10-15,17H,4-9H2,1-3H3. The Morgan fingerprint density at radius 2 is 1.79 bits per heavy atom. The lowest BCUT2D eigenvalue weighted by atomic mass is 9.96. The summed E-state index contributed by atoms with van der Waals surface area (Å²) < 4.78 is 0. The van der Waals surface area contributed by atoms with Crippen LogP contribution in [0.25, 0.3) is 0 Å². The van der Waals surface area contributed by atoms with E-state index in [1.54, 1.807) is 0 Å². The number of carbonyl (C=O) groups excluding carboxylic acids is 1. The third-order valence-corrected chi connectivity index (χ3v) is 5.03. The van der Waals surface area contributed by atoms with E-state index < -0.39 is 0 Å². The van der Waals surface area contributed by atoms with Gasteiger partial charge in [-0.15, -0.1) is 0 Å². The Hall–Kier alpha value is -0.570. The van der Waals surface area contributed by atoms with Crippen LogP contribution in [0.5, 0.6) is 0 Å². The van der Waals surface area contributed by atoms with Gasteiger partial charge in [-0.25, -0.2) is 0 Å². The van der Waals surface area contributed by atoms with Crippen LogP contribution in [0.1, 0.15) is 52.9 Å². The lowest BCUT2D eigenvalue weighted by Crippen LogP contribution is -2.42. The van der Waals surface area contributed by atoms with Crippen LogP contribution in [0.3, 0.4) is 0 Å². The van der Waals surface area contributed by atoms with Crippen molar-refractivity contribution in [2.75, 3.05) is 6.54 Å². The zero-order valence-corrected chi connectivity index (χ0v) is 12.6. The number of hydrogen-bond acceptors (Lipinski definition) is 2. The number of carbonyl (C=O) groups is 1. The van der Waals surface area contributed by atoms with Gasteiger partial charge in [0.25, 0.3) is 0 Å². The van der Waals surface area contributed by atoms with Gasteiger partial charge in [0.1, 0.15) is 0 Å². The molecule has 1 N–H and O–H groups in total. The Balaban J connectivity index is 1.66. The van der Waals surface area contributed by atoms with Crippen molar-refractivity contribution in [2.24, 2.45) is 23.7 Å². The predicted octanol–water partition coefficient (Wildman–Crippen LogP) is 2.62. The van der Waals surface area contributed by atoms with E-state index in [4.69, 9.17) is 0 Å². The molecule has 1 saturated heterocycles. The quantitative estimate of drug-likeness (QED) is 0.800. The molecular formula is C16H28N2O. The SMILES string of the molecule is CC(C)CC1NC(C)C(=O)N1CC(C1CC1)C1CC1. The molecule has 1 aliphatic heterocycles. The second-order valence-corrected chi connectivity index (χ2v) is 7.36. The molecule has 3 fully saturated rings. The molecule has 0 bridgehead atoms. The minimum atomic E-state index is 0.0165. The maximum absolute atomic E-state index is 12.4. The molecule has 0 radical (unpaired) electrons. The average molecular weight is 264 g/mol. The highest BCUT2D eigenvalue weighted by molar-refractivity contribution is 5.83. The molecule has 0 aromatic heterocycles. The molecule has 3 heteroatoms. The van der Waals surface area contributed by atoms with Crippen LogP contribution in [0.15, 0.2) is 0 Å². The van der Waals surface area contributed by atoms with Crippen LogP contribution < -0.4 is 5.32 Å². The van der Waals surface area contributed by atoms with E-state index in [1.165, 1.54) is 25.7 Å². The fraction of sp³-hybridized carbons (Fsp3) is 0.938. The molecule has 0 spiro atoms. The highest BCUT2D eigenvalue weighted by Crippen LogP contribution is 2.49. The van der Waals surface area contributed by atoms with Crippen molar-refractivity contribution in [3.8, 4) is 0 Å². The first-order valence-corrected chi connectivity index (χ1v) is 8.12. The predicted molar refractivity (Wildman–Crippen MR) is 76.5 cm³/mol. The first kappa shape index (κ1) is 13.4. The van der Waals surface area contributed by atoms with E-state index in [-0.39, 0.29) is 12.2 Å². The second kappa shape index (κ2) is 5.08. The van der Waals surface area contributed by atoms with Crippen molar-refractivity contribution < 1.29 is 4.79 Å². The first-order chi connectivity index (χ1) is 9.06. The van der Waals surface area contributed by atoms with E-state index in [9.17, 15) is 4.79 Å². The largest absolute Gasteiger partial charge is 0.325 e. The number of rotatable bonds is 6. The van der Waals surface area contributed by atoms with Gasteiger partial charge in [-0.05, 0) is 62.7 Å². The van der Waals surface area contributed by atoms with Gasteiger partial charge in [0.2, 0.25) is 5.91 Å². The summed E-state index contributed by atoms with van der Waals surface area (Å²) in [5.74, 6) is 3.62. The zero-order valence-electron chi connectivity index (χ0n) is 12.6. The number of nitrogens with one attached hydrogen (secondary N) is 1. The second-order valence-electron chi connectivity index (χ2n) is 7.36. The Labute approximate surface area is 117 Å². The van der Waals surface area contributed by atoms with Crippen LogP contribution in [0.2, 0.25) is 0 Å². The summed E-state index contributed by atoms with van der Waals surface area (Å²) in [5.41, 5.74) is 0. The van der Waals surface area contributed by atoms with Crippen molar-refractivity contribution in [1.82, 2.24) is 10.2 Å². The summed E-state index contributed by atoms with van der Waals surface area (Å²) in [5, 5.41) is 3.49. The summed E-state index contributed by atoms with van der Waals surface area (Å²) in [4.78, 5) is 14.6. The van der Waals surface area contributed by atoms with E-state index in [2.05, 4.69) is 24.1 Å². The van der Waals surface area contributed by atoms with Crippen molar-refractivity contribution in [2.45, 2.75) is 65.1 Å². The molecule has 2 atom stereocenters. The Morgan fingerprint density at radius 3 is 2.26 bits per heavy atom. The molecule has 108 valence electrons. The highest BCUT2D eigenvalue weighted by atomic mass is 16.2. The number of amides is 1. The van der Waals surface area contributed by atoms with E-state index >= 15 is 0 Å². The minimum absolute atomic E-state index is 0.0165. The highest BCUT2D eigenvalue weighted by Gasteiger charge is 2.45. The molecule has 3 rings (SSSR count). The Morgan fingerprint density at radius 1 is 1.21 bits per heavy atom. The van der Waals surface area contributed by atoms with Crippen LogP contribution in [0.4, 0.5) is 0 Å². The van der Waals surface area contributed by atoms with Gasteiger partial charge >= 0.3 is 0 Å². The van der Waals surface area contributed by atoms with Crippen LogP contribution in [-0.4, -0.2) is 29.6 Å². The number of hydrogen-bond donors (Lipinski definition) is 1. The maximum Gasteiger partial charge on any atom is 0.240 e. The maximum atomic E-state index is 12.4. The third-order valence-electron chi connectivity index (χ3n) is 5.03. The lowest BCUT2D eigenvalue weighted by molar-refractivity contribution is -0.130. The van der Waals surface area contributed by atoms with Crippen molar-refractivity contribution in [3.05, 3.63) is 0 Å². The summed E-state index contributed by atoms with van der Waals surface area (Å²) >= 11 is 0. The molecule has 3 aliphatic rings. The fourth-order valence-electron chi connectivity index (χ4n) is 3.67. The summed E-state index contributed by atoms with van der Waals surface area (Å²) in [7, 11) is 0. The molecule has 3 nitrogen and oxygen atoms in total. The molecule has 0 aromatic rings. The zero-order chi connectivity index (χ0) is 13.6. The molecule has 1 amide bonds. The fourth-order valence-corrected chi connectivity index (χ4v) is 3.67. The van der Waals surface area contributed by atoms with Gasteiger partial charge in [0, 0.05) is 6.54 Å². The molecule has 2 unspecified atom stereocenters. The van der Waals surface area contributed by atoms with Gasteiger partial charge in [-0.2, -0.15) is 0 Å². The Kier molecular flexibility index (Phi) is 3.59. The normalized spacial score (nSPS) is 31.8. The number of nitrogens with zero attached hydrogens (tertiary/aromatic N) is 1. The van der Waals surface area contributed by atoms with Crippen molar-refractivity contribution in [1.29, 1.82) is 0 Å². The molecule has 19 heavy (non-hydrogen) atoms. The van der Waals surface area contributed by atoms with Gasteiger partial charge < -0.3 is 4.90 Å². The average Bonchev–Trinajstić information content (AvgIpc) is 3.22. The summed E-state index contributed by atoms with van der Waals surface area (Å²) in [6.45, 7) is 7.51. The monoisotopic (exact) mass is 264 g/mol. The van der Waals surface area contributed by atoms with Gasteiger partial charge in [0.15, 0.2) is 0 Å². The topological polar surface area (TPSA) is 32.3 Å². The van der Waals surface area contributed by atoms with Gasteiger partial charge in [0.05, 0.1) is 12.2 Å². The van der Waals surface area contributed by atoms with E-state index in [0.29, 0.717) is 11.8 Å². The van der Waals surface area contributed by atoms with Crippen LogP contribution >= 0.6 is 0 Å². The van der Waals surface area contributed by atoms with Crippen molar-refractivity contribution in [3.63, 3.8) is 0 Å². The molecule has 2 saturated carbocycles. The minimum Gasteiger partial charge on any atom is -0.325 e. The molecule has 1 heterocycles. The van der Waals surface area contributed by atoms with Gasteiger partial charge in [-0.3, -0.25) is 10.1 Å². The Bertz CT molecular complexity index is 335.